The van der Waals surface area contributed by atoms with Gasteiger partial charge in [0.1, 0.15) is 12.1 Å². The summed E-state index contributed by atoms with van der Waals surface area (Å²) in [6.45, 7) is 1.48. The zero-order chi connectivity index (χ0) is 19.0. The molecule has 2 heterocycles. The van der Waals surface area contributed by atoms with Gasteiger partial charge < -0.3 is 10.6 Å². The lowest BCUT2D eigenvalue weighted by Gasteiger charge is -2.22. The Bertz CT molecular complexity index is 864. The van der Waals surface area contributed by atoms with Crippen molar-refractivity contribution in [3.05, 3.63) is 58.3 Å². The largest absolute Gasteiger partial charge is 0.343 e. The van der Waals surface area contributed by atoms with Crippen molar-refractivity contribution >= 4 is 29.2 Å². The molecule has 1 saturated carbocycles. The monoisotopic (exact) mass is 383 g/mol. The van der Waals surface area contributed by atoms with Gasteiger partial charge in [0.25, 0.3) is 5.91 Å². The van der Waals surface area contributed by atoms with Crippen molar-refractivity contribution < 1.29 is 14.4 Å². The summed E-state index contributed by atoms with van der Waals surface area (Å²) in [6.07, 6.45) is 1.86. The van der Waals surface area contributed by atoms with Crippen LogP contribution in [0, 0.1) is 5.92 Å². The van der Waals surface area contributed by atoms with Crippen LogP contribution in [0.2, 0.25) is 0 Å². The summed E-state index contributed by atoms with van der Waals surface area (Å²) in [5.41, 5.74) is 0.0811. The Balaban J connectivity index is 1.49. The van der Waals surface area contributed by atoms with E-state index in [4.69, 9.17) is 0 Å². The maximum absolute atomic E-state index is 12.7. The average Bonchev–Trinajstić information content (AvgIpc) is 3.35. The van der Waals surface area contributed by atoms with Gasteiger partial charge in [0.15, 0.2) is 0 Å². The quantitative estimate of drug-likeness (QED) is 0.753. The standard InChI is InChI=1S/C20H21N3O3S/c1-20(14-9-10-14)18(25)23(19(26)22-20)12-16(24)21-17(15-8-5-11-27-15)13-6-3-2-4-7-13/h2-8,11,14,17H,9-10,12H2,1H3,(H,21,24)(H,22,26)/t17-,20-/m1/s1. The van der Waals surface area contributed by atoms with Crippen LogP contribution in [0.15, 0.2) is 47.8 Å². The van der Waals surface area contributed by atoms with E-state index in [0.717, 1.165) is 28.2 Å². The van der Waals surface area contributed by atoms with E-state index in [-0.39, 0.29) is 30.3 Å². The molecule has 2 N–H and O–H groups in total. The maximum atomic E-state index is 12.7. The fourth-order valence-electron chi connectivity index (χ4n) is 3.57. The molecule has 0 radical (unpaired) electrons. The Labute approximate surface area is 161 Å². The molecule has 1 saturated heterocycles. The third-order valence-electron chi connectivity index (χ3n) is 5.26. The molecule has 4 amide bonds. The van der Waals surface area contributed by atoms with Gasteiger partial charge in [0.2, 0.25) is 5.91 Å². The molecule has 0 bridgehead atoms. The number of hydrogen-bond donors (Lipinski definition) is 2. The summed E-state index contributed by atoms with van der Waals surface area (Å²) < 4.78 is 0. The molecule has 1 aromatic heterocycles. The molecule has 4 rings (SSSR count). The van der Waals surface area contributed by atoms with E-state index in [1.54, 1.807) is 18.3 Å². The van der Waals surface area contributed by atoms with E-state index < -0.39 is 11.6 Å². The minimum atomic E-state index is -0.871. The molecule has 0 spiro atoms. The number of nitrogens with one attached hydrogen (secondary N) is 2. The first-order valence-corrected chi connectivity index (χ1v) is 9.89. The Hall–Kier alpha value is -2.67. The Morgan fingerprint density at radius 2 is 2.00 bits per heavy atom. The molecule has 1 aliphatic carbocycles. The fraction of sp³-hybridized carbons (Fsp3) is 0.350. The number of benzene rings is 1. The van der Waals surface area contributed by atoms with Gasteiger partial charge in [-0.15, -0.1) is 11.3 Å². The summed E-state index contributed by atoms with van der Waals surface area (Å²) in [7, 11) is 0. The first kappa shape index (κ1) is 17.7. The zero-order valence-electron chi connectivity index (χ0n) is 15.0. The number of nitrogens with zero attached hydrogens (tertiary/aromatic N) is 1. The van der Waals surface area contributed by atoms with Gasteiger partial charge in [-0.05, 0) is 42.7 Å². The number of rotatable bonds is 6. The minimum absolute atomic E-state index is 0.171. The van der Waals surface area contributed by atoms with Crippen molar-refractivity contribution in [2.75, 3.05) is 6.54 Å². The van der Waals surface area contributed by atoms with Gasteiger partial charge in [0, 0.05) is 4.88 Å². The second-order valence-electron chi connectivity index (χ2n) is 7.22. The van der Waals surface area contributed by atoms with Crippen molar-refractivity contribution in [1.82, 2.24) is 15.5 Å². The lowest BCUT2D eigenvalue weighted by Crippen LogP contribution is -2.47. The van der Waals surface area contributed by atoms with Crippen molar-refractivity contribution in [3.63, 3.8) is 0 Å². The Morgan fingerprint density at radius 3 is 2.63 bits per heavy atom. The molecule has 0 unspecified atom stereocenters. The molecule has 1 aliphatic heterocycles. The van der Waals surface area contributed by atoms with Crippen LogP contribution in [0.1, 0.15) is 36.2 Å². The fourth-order valence-corrected chi connectivity index (χ4v) is 4.37. The van der Waals surface area contributed by atoms with Gasteiger partial charge in [-0.3, -0.25) is 14.5 Å². The number of hydrogen-bond acceptors (Lipinski definition) is 4. The highest BCUT2D eigenvalue weighted by atomic mass is 32.1. The normalized spacial score (nSPS) is 23.2. The van der Waals surface area contributed by atoms with E-state index in [9.17, 15) is 14.4 Å². The van der Waals surface area contributed by atoms with Gasteiger partial charge in [0.05, 0.1) is 6.04 Å². The van der Waals surface area contributed by atoms with E-state index in [1.807, 2.05) is 47.8 Å². The van der Waals surface area contributed by atoms with E-state index >= 15 is 0 Å². The van der Waals surface area contributed by atoms with Gasteiger partial charge in [-0.2, -0.15) is 0 Å². The number of carbonyl (C=O) groups is 3. The van der Waals surface area contributed by atoms with Crippen molar-refractivity contribution in [1.29, 1.82) is 0 Å². The van der Waals surface area contributed by atoms with Crippen LogP contribution in [0.5, 0.6) is 0 Å². The summed E-state index contributed by atoms with van der Waals surface area (Å²) >= 11 is 1.55. The smallest absolute Gasteiger partial charge is 0.325 e. The molecular weight excluding hydrogens is 362 g/mol. The summed E-state index contributed by atoms with van der Waals surface area (Å²) in [5.74, 6) is -0.497. The molecule has 6 nitrogen and oxygen atoms in total. The zero-order valence-corrected chi connectivity index (χ0v) is 15.8. The summed E-state index contributed by atoms with van der Waals surface area (Å²) in [5, 5.41) is 7.70. The Morgan fingerprint density at radius 1 is 1.26 bits per heavy atom. The number of thiophene rings is 1. The second kappa shape index (κ2) is 6.81. The van der Waals surface area contributed by atoms with Crippen LogP contribution in [-0.4, -0.2) is 34.8 Å². The third-order valence-corrected chi connectivity index (χ3v) is 6.20. The number of amides is 4. The molecule has 27 heavy (non-hydrogen) atoms. The summed E-state index contributed by atoms with van der Waals surface area (Å²) in [4.78, 5) is 39.7. The molecule has 7 heteroatoms. The van der Waals surface area contributed by atoms with Crippen molar-refractivity contribution in [3.8, 4) is 0 Å². The highest BCUT2D eigenvalue weighted by Crippen LogP contribution is 2.42. The lowest BCUT2D eigenvalue weighted by atomic mass is 9.96. The van der Waals surface area contributed by atoms with Gasteiger partial charge in [-0.1, -0.05) is 36.4 Å². The van der Waals surface area contributed by atoms with Crippen molar-refractivity contribution in [2.24, 2.45) is 5.92 Å². The summed E-state index contributed by atoms with van der Waals surface area (Å²) in [6, 6.07) is 12.7. The van der Waals surface area contributed by atoms with Crippen LogP contribution in [0.3, 0.4) is 0 Å². The first-order chi connectivity index (χ1) is 13.0. The molecule has 2 aromatic rings. The molecule has 140 valence electrons. The first-order valence-electron chi connectivity index (χ1n) is 9.01. The van der Waals surface area contributed by atoms with Crippen LogP contribution in [-0.2, 0) is 9.59 Å². The highest BCUT2D eigenvalue weighted by Gasteiger charge is 2.56. The lowest BCUT2D eigenvalue weighted by molar-refractivity contribution is -0.135. The van der Waals surface area contributed by atoms with Crippen LogP contribution in [0.25, 0.3) is 0 Å². The van der Waals surface area contributed by atoms with Gasteiger partial charge >= 0.3 is 6.03 Å². The number of urea groups is 1. The minimum Gasteiger partial charge on any atom is -0.343 e. The molecule has 2 aliphatic rings. The average molecular weight is 383 g/mol. The second-order valence-corrected chi connectivity index (χ2v) is 8.20. The van der Waals surface area contributed by atoms with E-state index in [1.165, 1.54) is 0 Å². The van der Waals surface area contributed by atoms with Crippen molar-refractivity contribution in [2.45, 2.75) is 31.3 Å². The predicted octanol–water partition coefficient (Wildman–Crippen LogP) is 2.67. The maximum Gasteiger partial charge on any atom is 0.325 e. The van der Waals surface area contributed by atoms with Crippen LogP contribution >= 0.6 is 11.3 Å². The SMILES string of the molecule is C[C@]1(C2CC2)NC(=O)N(CC(=O)N[C@H](c2ccccc2)c2cccs2)C1=O. The third kappa shape index (κ3) is 3.35. The number of carbonyl (C=O) groups excluding carboxylic acids is 3. The predicted molar refractivity (Wildman–Crippen MR) is 102 cm³/mol. The van der Waals surface area contributed by atoms with Crippen LogP contribution < -0.4 is 10.6 Å². The van der Waals surface area contributed by atoms with Crippen LogP contribution in [0.4, 0.5) is 4.79 Å². The Kier molecular flexibility index (Phi) is 4.47. The van der Waals surface area contributed by atoms with Gasteiger partial charge in [-0.25, -0.2) is 4.79 Å². The number of imide groups is 1. The molecular formula is C20H21N3O3S. The molecule has 1 aromatic carbocycles. The molecule has 2 fully saturated rings. The van der Waals surface area contributed by atoms with E-state index in [0.29, 0.717) is 0 Å². The topological polar surface area (TPSA) is 78.5 Å². The molecule has 2 atom stereocenters. The highest BCUT2D eigenvalue weighted by molar-refractivity contribution is 7.10. The van der Waals surface area contributed by atoms with E-state index in [2.05, 4.69) is 10.6 Å².